The molecule has 1 aliphatic heterocycles. The number of anilines is 2. The molecular formula is C19H19ClN4O4S. The number of benzene rings is 2. The van der Waals surface area contributed by atoms with E-state index in [1.54, 1.807) is 12.1 Å². The summed E-state index contributed by atoms with van der Waals surface area (Å²) in [6, 6.07) is 9.71. The highest BCUT2D eigenvalue weighted by Gasteiger charge is 2.20. The zero-order valence-electron chi connectivity index (χ0n) is 15.6. The second-order valence-corrected chi connectivity index (χ2v) is 7.22. The van der Waals surface area contributed by atoms with E-state index in [-0.39, 0.29) is 21.9 Å². The first-order chi connectivity index (χ1) is 13.9. The second-order valence-electron chi connectivity index (χ2n) is 6.38. The SMILES string of the molecule is Cc1c(C(=O)NC(=S)Nc2cc(Cl)ccc2N2CCOCC2)cccc1[N+](=O)[O-]. The smallest absolute Gasteiger partial charge is 0.273 e. The summed E-state index contributed by atoms with van der Waals surface area (Å²) in [7, 11) is 0. The molecule has 1 amide bonds. The van der Waals surface area contributed by atoms with Gasteiger partial charge in [-0.15, -0.1) is 0 Å². The summed E-state index contributed by atoms with van der Waals surface area (Å²) in [6.07, 6.45) is 0. The fourth-order valence-electron chi connectivity index (χ4n) is 3.08. The molecule has 8 nitrogen and oxygen atoms in total. The summed E-state index contributed by atoms with van der Waals surface area (Å²) in [5.74, 6) is -0.529. The summed E-state index contributed by atoms with van der Waals surface area (Å²) in [5, 5.41) is 17.3. The van der Waals surface area contributed by atoms with E-state index in [2.05, 4.69) is 15.5 Å². The summed E-state index contributed by atoms with van der Waals surface area (Å²) < 4.78 is 5.39. The Hall–Kier alpha value is -2.75. The number of carbonyl (C=O) groups excluding carboxylic acids is 1. The average Bonchev–Trinajstić information content (AvgIpc) is 2.68. The zero-order chi connectivity index (χ0) is 21.0. The van der Waals surface area contributed by atoms with Crippen LogP contribution in [0, 0.1) is 17.0 Å². The number of amides is 1. The highest BCUT2D eigenvalue weighted by molar-refractivity contribution is 7.80. The van der Waals surface area contributed by atoms with Crippen molar-refractivity contribution >= 4 is 51.9 Å². The molecule has 0 aromatic heterocycles. The van der Waals surface area contributed by atoms with Crippen LogP contribution >= 0.6 is 23.8 Å². The number of carbonyl (C=O) groups is 1. The molecule has 3 rings (SSSR count). The quantitative estimate of drug-likeness (QED) is 0.431. The predicted octanol–water partition coefficient (Wildman–Crippen LogP) is 3.52. The molecule has 2 aromatic rings. The number of thiocarbonyl (C=S) groups is 1. The van der Waals surface area contributed by atoms with Gasteiger partial charge in [-0.1, -0.05) is 17.7 Å². The number of hydrogen-bond acceptors (Lipinski definition) is 6. The molecule has 1 fully saturated rings. The van der Waals surface area contributed by atoms with Gasteiger partial charge in [-0.3, -0.25) is 20.2 Å². The third kappa shape index (κ3) is 5.00. The first-order valence-corrected chi connectivity index (χ1v) is 9.64. The predicted molar refractivity (Wildman–Crippen MR) is 116 cm³/mol. The van der Waals surface area contributed by atoms with Gasteiger partial charge in [-0.2, -0.15) is 0 Å². The Labute approximate surface area is 177 Å². The molecular weight excluding hydrogens is 416 g/mol. The fourth-order valence-corrected chi connectivity index (χ4v) is 3.45. The minimum absolute atomic E-state index is 0.0673. The van der Waals surface area contributed by atoms with Crippen molar-refractivity contribution in [2.45, 2.75) is 6.92 Å². The molecule has 0 radical (unpaired) electrons. The van der Waals surface area contributed by atoms with Crippen LogP contribution in [0.3, 0.4) is 0 Å². The van der Waals surface area contributed by atoms with Crippen LogP contribution in [0.5, 0.6) is 0 Å². The van der Waals surface area contributed by atoms with Gasteiger partial charge in [0.15, 0.2) is 5.11 Å². The van der Waals surface area contributed by atoms with Crippen LogP contribution in [-0.2, 0) is 4.74 Å². The maximum Gasteiger partial charge on any atom is 0.273 e. The minimum Gasteiger partial charge on any atom is -0.378 e. The third-order valence-corrected chi connectivity index (χ3v) is 4.97. The first kappa shape index (κ1) is 21.0. The van der Waals surface area contributed by atoms with Crippen LogP contribution in [0.25, 0.3) is 0 Å². The molecule has 0 unspecified atom stereocenters. The molecule has 1 heterocycles. The molecule has 0 atom stereocenters. The van der Waals surface area contributed by atoms with Crippen LogP contribution < -0.4 is 15.5 Å². The van der Waals surface area contributed by atoms with Crippen molar-refractivity contribution in [3.8, 4) is 0 Å². The van der Waals surface area contributed by atoms with Crippen LogP contribution in [-0.4, -0.2) is 42.2 Å². The monoisotopic (exact) mass is 434 g/mol. The van der Waals surface area contributed by atoms with Crippen molar-refractivity contribution in [3.05, 3.63) is 62.7 Å². The number of hydrogen-bond donors (Lipinski definition) is 2. The Bertz CT molecular complexity index is 963. The van der Waals surface area contributed by atoms with Crippen molar-refractivity contribution in [2.75, 3.05) is 36.5 Å². The molecule has 0 spiro atoms. The van der Waals surface area contributed by atoms with Gasteiger partial charge in [0.05, 0.1) is 29.5 Å². The number of halogens is 1. The van der Waals surface area contributed by atoms with Crippen LogP contribution in [0.15, 0.2) is 36.4 Å². The lowest BCUT2D eigenvalue weighted by atomic mass is 10.1. The van der Waals surface area contributed by atoms with E-state index in [0.717, 1.165) is 18.8 Å². The topological polar surface area (TPSA) is 96.7 Å². The van der Waals surface area contributed by atoms with Gasteiger partial charge in [-0.05, 0) is 43.4 Å². The van der Waals surface area contributed by atoms with Gasteiger partial charge in [0, 0.05) is 35.3 Å². The number of ether oxygens (including phenoxy) is 1. The van der Waals surface area contributed by atoms with Crippen molar-refractivity contribution in [3.63, 3.8) is 0 Å². The van der Waals surface area contributed by atoms with E-state index in [1.165, 1.54) is 25.1 Å². The lowest BCUT2D eigenvalue weighted by molar-refractivity contribution is -0.385. The normalized spacial score (nSPS) is 13.7. The van der Waals surface area contributed by atoms with Gasteiger partial charge >= 0.3 is 0 Å². The maximum absolute atomic E-state index is 12.6. The maximum atomic E-state index is 12.6. The summed E-state index contributed by atoms with van der Waals surface area (Å²) >= 11 is 11.4. The Morgan fingerprint density at radius 1 is 1.28 bits per heavy atom. The average molecular weight is 435 g/mol. The van der Waals surface area contributed by atoms with Gasteiger partial charge < -0.3 is 15.0 Å². The van der Waals surface area contributed by atoms with Crippen molar-refractivity contribution in [2.24, 2.45) is 0 Å². The molecule has 10 heteroatoms. The minimum atomic E-state index is -0.529. The summed E-state index contributed by atoms with van der Waals surface area (Å²) in [6.45, 7) is 4.21. The van der Waals surface area contributed by atoms with E-state index >= 15 is 0 Å². The van der Waals surface area contributed by atoms with E-state index in [1.807, 2.05) is 6.07 Å². The zero-order valence-corrected chi connectivity index (χ0v) is 17.2. The standard InChI is InChI=1S/C19H19ClN4O4S/c1-12-14(3-2-4-16(12)24(26)27)18(25)22-19(29)21-15-11-13(20)5-6-17(15)23-7-9-28-10-8-23/h2-6,11H,7-10H2,1H3,(H2,21,22,25,29). The fraction of sp³-hybridized carbons (Fsp3) is 0.263. The molecule has 2 aromatic carbocycles. The van der Waals surface area contributed by atoms with E-state index < -0.39 is 10.8 Å². The Kier molecular flexibility index (Phi) is 6.63. The molecule has 0 bridgehead atoms. The molecule has 1 aliphatic rings. The number of rotatable bonds is 4. The largest absolute Gasteiger partial charge is 0.378 e. The number of nitro benzene ring substituents is 1. The molecule has 152 valence electrons. The Balaban J connectivity index is 1.76. The molecule has 2 N–H and O–H groups in total. The first-order valence-electron chi connectivity index (χ1n) is 8.85. The third-order valence-electron chi connectivity index (χ3n) is 4.53. The second kappa shape index (κ2) is 9.17. The number of nitro groups is 1. The van der Waals surface area contributed by atoms with Crippen LogP contribution in [0.2, 0.25) is 5.02 Å². The molecule has 29 heavy (non-hydrogen) atoms. The van der Waals surface area contributed by atoms with Gasteiger partial charge in [0.1, 0.15) is 0 Å². The van der Waals surface area contributed by atoms with Crippen molar-refractivity contribution in [1.82, 2.24) is 5.32 Å². The molecule has 0 aliphatic carbocycles. The molecule has 1 saturated heterocycles. The van der Waals surface area contributed by atoms with E-state index in [4.69, 9.17) is 28.6 Å². The lowest BCUT2D eigenvalue weighted by Crippen LogP contribution is -2.38. The Morgan fingerprint density at radius 3 is 2.69 bits per heavy atom. The van der Waals surface area contributed by atoms with Gasteiger partial charge in [0.2, 0.25) is 0 Å². The highest BCUT2D eigenvalue weighted by atomic mass is 35.5. The van der Waals surface area contributed by atoms with Crippen LogP contribution in [0.1, 0.15) is 15.9 Å². The summed E-state index contributed by atoms with van der Waals surface area (Å²) in [5.41, 5.74) is 1.87. The number of nitrogens with one attached hydrogen (secondary N) is 2. The van der Waals surface area contributed by atoms with E-state index in [9.17, 15) is 14.9 Å². The Morgan fingerprint density at radius 2 is 2.00 bits per heavy atom. The number of nitrogens with zero attached hydrogens (tertiary/aromatic N) is 2. The van der Waals surface area contributed by atoms with Gasteiger partial charge in [0.25, 0.3) is 11.6 Å². The van der Waals surface area contributed by atoms with Crippen molar-refractivity contribution in [1.29, 1.82) is 0 Å². The van der Waals surface area contributed by atoms with Crippen LogP contribution in [0.4, 0.5) is 17.1 Å². The van der Waals surface area contributed by atoms with Gasteiger partial charge in [-0.25, -0.2) is 0 Å². The number of morpholine rings is 1. The lowest BCUT2D eigenvalue weighted by Gasteiger charge is -2.30. The highest BCUT2D eigenvalue weighted by Crippen LogP contribution is 2.30. The molecule has 0 saturated carbocycles. The summed E-state index contributed by atoms with van der Waals surface area (Å²) in [4.78, 5) is 25.3. The van der Waals surface area contributed by atoms with E-state index in [0.29, 0.717) is 23.9 Å². The van der Waals surface area contributed by atoms with Crippen molar-refractivity contribution < 1.29 is 14.5 Å².